The lowest BCUT2D eigenvalue weighted by molar-refractivity contribution is 0.0467. The Balaban J connectivity index is 1.74. The molecular formula is C20H20N2O3. The van der Waals surface area contributed by atoms with Crippen molar-refractivity contribution in [2.45, 2.75) is 33.3 Å². The quantitative estimate of drug-likeness (QED) is 0.684. The van der Waals surface area contributed by atoms with Gasteiger partial charge in [0.25, 0.3) is 5.56 Å². The predicted molar refractivity (Wildman–Crippen MR) is 95.8 cm³/mol. The molecule has 3 rings (SSSR count). The smallest absolute Gasteiger partial charge is 0.338 e. The van der Waals surface area contributed by atoms with Crippen LogP contribution in [0.15, 0.2) is 53.5 Å². The highest BCUT2D eigenvalue weighted by Crippen LogP contribution is 2.15. The number of benzene rings is 1. The molecule has 0 spiro atoms. The summed E-state index contributed by atoms with van der Waals surface area (Å²) in [6.45, 7) is 6.06. The van der Waals surface area contributed by atoms with Gasteiger partial charge in [-0.05, 0) is 42.2 Å². The number of fused-ring (bicyclic) bond motifs is 1. The van der Waals surface area contributed by atoms with Gasteiger partial charge in [0.2, 0.25) is 0 Å². The van der Waals surface area contributed by atoms with Crippen molar-refractivity contribution in [1.29, 1.82) is 0 Å². The van der Waals surface area contributed by atoms with Gasteiger partial charge < -0.3 is 4.74 Å². The second-order valence-corrected chi connectivity index (χ2v) is 6.37. The Labute approximate surface area is 145 Å². The minimum Gasteiger partial charge on any atom is -0.456 e. The topological polar surface area (TPSA) is 60.7 Å². The summed E-state index contributed by atoms with van der Waals surface area (Å²) >= 11 is 0. The second-order valence-electron chi connectivity index (χ2n) is 6.37. The Morgan fingerprint density at radius 2 is 1.88 bits per heavy atom. The van der Waals surface area contributed by atoms with E-state index in [0.29, 0.717) is 22.8 Å². The second kappa shape index (κ2) is 6.89. The molecule has 2 aromatic heterocycles. The fourth-order valence-corrected chi connectivity index (χ4v) is 2.56. The van der Waals surface area contributed by atoms with Crippen LogP contribution in [-0.2, 0) is 11.3 Å². The summed E-state index contributed by atoms with van der Waals surface area (Å²) in [7, 11) is 0. The first-order chi connectivity index (χ1) is 11.9. The molecule has 1 aromatic carbocycles. The molecule has 0 fully saturated rings. The lowest BCUT2D eigenvalue weighted by atomic mass is 10.0. The van der Waals surface area contributed by atoms with Gasteiger partial charge in [0.1, 0.15) is 12.3 Å². The van der Waals surface area contributed by atoms with Gasteiger partial charge in [-0.2, -0.15) is 0 Å². The molecule has 0 saturated carbocycles. The van der Waals surface area contributed by atoms with E-state index in [0.717, 1.165) is 11.1 Å². The SMILES string of the molecule is Cc1ccc2nc(COC(=O)c3ccc(C(C)C)cc3)cc(=O)n2c1. The van der Waals surface area contributed by atoms with Crippen LogP contribution in [0.1, 0.15) is 46.9 Å². The van der Waals surface area contributed by atoms with E-state index in [4.69, 9.17) is 4.74 Å². The van der Waals surface area contributed by atoms with Gasteiger partial charge in [-0.1, -0.05) is 32.0 Å². The molecular weight excluding hydrogens is 316 g/mol. The minimum absolute atomic E-state index is 0.0373. The highest BCUT2D eigenvalue weighted by Gasteiger charge is 2.10. The molecule has 0 unspecified atom stereocenters. The maximum Gasteiger partial charge on any atom is 0.338 e. The lowest BCUT2D eigenvalue weighted by Gasteiger charge is -2.08. The van der Waals surface area contributed by atoms with Crippen molar-refractivity contribution < 1.29 is 9.53 Å². The van der Waals surface area contributed by atoms with E-state index in [1.807, 2.05) is 25.1 Å². The van der Waals surface area contributed by atoms with Crippen molar-refractivity contribution in [3.8, 4) is 0 Å². The summed E-state index contributed by atoms with van der Waals surface area (Å²) < 4.78 is 6.77. The number of aromatic nitrogens is 2. The molecule has 0 radical (unpaired) electrons. The van der Waals surface area contributed by atoms with E-state index < -0.39 is 5.97 Å². The van der Waals surface area contributed by atoms with Gasteiger partial charge in [0.15, 0.2) is 0 Å². The highest BCUT2D eigenvalue weighted by molar-refractivity contribution is 5.89. The van der Waals surface area contributed by atoms with Crippen LogP contribution in [0.3, 0.4) is 0 Å². The van der Waals surface area contributed by atoms with Gasteiger partial charge in [0, 0.05) is 12.3 Å². The third-order valence-corrected chi connectivity index (χ3v) is 4.02. The third-order valence-electron chi connectivity index (χ3n) is 4.02. The van der Waals surface area contributed by atoms with Crippen molar-refractivity contribution in [3.63, 3.8) is 0 Å². The molecule has 0 aliphatic carbocycles. The molecule has 0 aliphatic heterocycles. The fraction of sp³-hybridized carbons (Fsp3) is 0.250. The average molecular weight is 336 g/mol. The Bertz CT molecular complexity index is 972. The Hall–Kier alpha value is -2.95. The van der Waals surface area contributed by atoms with Gasteiger partial charge in [-0.3, -0.25) is 9.20 Å². The third kappa shape index (κ3) is 3.76. The first-order valence-corrected chi connectivity index (χ1v) is 8.20. The van der Waals surface area contributed by atoms with Crippen molar-refractivity contribution in [2.75, 3.05) is 0 Å². The van der Waals surface area contributed by atoms with Crippen LogP contribution in [0, 0.1) is 6.92 Å². The largest absolute Gasteiger partial charge is 0.456 e. The van der Waals surface area contributed by atoms with Crippen LogP contribution in [0.25, 0.3) is 5.65 Å². The number of ether oxygens (including phenoxy) is 1. The summed E-state index contributed by atoms with van der Waals surface area (Å²) in [4.78, 5) is 28.7. The fourth-order valence-electron chi connectivity index (χ4n) is 2.56. The summed E-state index contributed by atoms with van der Waals surface area (Å²) in [6.07, 6.45) is 1.73. The van der Waals surface area contributed by atoms with Gasteiger partial charge in [0.05, 0.1) is 11.3 Å². The molecule has 0 bridgehead atoms. The maximum absolute atomic E-state index is 12.2. The van der Waals surface area contributed by atoms with Crippen LogP contribution in [-0.4, -0.2) is 15.4 Å². The van der Waals surface area contributed by atoms with Gasteiger partial charge >= 0.3 is 5.97 Å². The number of aryl methyl sites for hydroxylation is 1. The van der Waals surface area contributed by atoms with Gasteiger partial charge in [-0.25, -0.2) is 9.78 Å². The zero-order chi connectivity index (χ0) is 18.0. The summed E-state index contributed by atoms with van der Waals surface area (Å²) in [5.74, 6) is -0.0234. The predicted octanol–water partition coefficient (Wildman–Crippen LogP) is 3.48. The van der Waals surface area contributed by atoms with Gasteiger partial charge in [-0.15, -0.1) is 0 Å². The van der Waals surface area contributed by atoms with E-state index in [1.54, 1.807) is 24.4 Å². The summed E-state index contributed by atoms with van der Waals surface area (Å²) in [6, 6.07) is 12.4. The van der Waals surface area contributed by atoms with E-state index in [1.165, 1.54) is 10.5 Å². The van der Waals surface area contributed by atoms with Crippen LogP contribution in [0.2, 0.25) is 0 Å². The summed E-state index contributed by atoms with van der Waals surface area (Å²) in [5.41, 5.74) is 3.39. The molecule has 128 valence electrons. The molecule has 0 aliphatic rings. The first-order valence-electron chi connectivity index (χ1n) is 8.20. The zero-order valence-corrected chi connectivity index (χ0v) is 14.5. The van der Waals surface area contributed by atoms with Crippen molar-refractivity contribution >= 4 is 11.6 Å². The molecule has 0 atom stereocenters. The number of nitrogens with zero attached hydrogens (tertiary/aromatic N) is 2. The number of rotatable bonds is 4. The van der Waals surface area contributed by atoms with E-state index in [2.05, 4.69) is 18.8 Å². The number of esters is 1. The number of carbonyl (C=O) groups is 1. The molecule has 25 heavy (non-hydrogen) atoms. The van der Waals surface area contributed by atoms with Crippen LogP contribution in [0.4, 0.5) is 0 Å². The van der Waals surface area contributed by atoms with E-state index >= 15 is 0 Å². The van der Waals surface area contributed by atoms with Crippen molar-refractivity contribution in [3.05, 3.63) is 81.4 Å². The van der Waals surface area contributed by atoms with E-state index in [-0.39, 0.29) is 12.2 Å². The molecule has 5 nitrogen and oxygen atoms in total. The molecule has 5 heteroatoms. The molecule has 0 saturated heterocycles. The number of carbonyl (C=O) groups excluding carboxylic acids is 1. The molecule has 0 N–H and O–H groups in total. The normalized spacial score (nSPS) is 11.0. The van der Waals surface area contributed by atoms with Crippen LogP contribution in [0.5, 0.6) is 0 Å². The Kier molecular flexibility index (Phi) is 4.65. The number of hydrogen-bond acceptors (Lipinski definition) is 4. The van der Waals surface area contributed by atoms with Crippen molar-refractivity contribution in [2.24, 2.45) is 0 Å². The lowest BCUT2D eigenvalue weighted by Crippen LogP contribution is -2.17. The summed E-state index contributed by atoms with van der Waals surface area (Å²) in [5, 5.41) is 0. The van der Waals surface area contributed by atoms with Crippen molar-refractivity contribution in [1.82, 2.24) is 9.38 Å². The maximum atomic E-state index is 12.2. The standard InChI is InChI=1S/C20H20N2O3/c1-13(2)15-5-7-16(8-6-15)20(24)25-12-17-10-19(23)22-11-14(3)4-9-18(22)21-17/h4-11,13H,12H2,1-3H3. The average Bonchev–Trinajstić information content (AvgIpc) is 2.60. The molecule has 2 heterocycles. The molecule has 3 aromatic rings. The Morgan fingerprint density at radius 3 is 2.56 bits per heavy atom. The van der Waals surface area contributed by atoms with Crippen LogP contribution >= 0.6 is 0 Å². The van der Waals surface area contributed by atoms with Crippen LogP contribution < -0.4 is 5.56 Å². The monoisotopic (exact) mass is 336 g/mol. The highest BCUT2D eigenvalue weighted by atomic mass is 16.5. The number of pyridine rings is 1. The molecule has 0 amide bonds. The van der Waals surface area contributed by atoms with E-state index in [9.17, 15) is 9.59 Å². The minimum atomic E-state index is -0.429. The Morgan fingerprint density at radius 1 is 1.16 bits per heavy atom. The zero-order valence-electron chi connectivity index (χ0n) is 14.5. The number of hydrogen-bond donors (Lipinski definition) is 0. The first kappa shape index (κ1) is 16.9.